The van der Waals surface area contributed by atoms with Crippen LogP contribution in [0.4, 0.5) is 24.1 Å². The number of imide groups is 1. The standard InChI is InChI=1S/C30H35F2N5O7/c1-43-17-24-26(28(40)44-2)27(19-5-8-22(31)23(32)16-19)37(30(42)35-24)29(41)34-12-11-33-20-9-13-36(14-10-20)21-6-3-18(4-7-21)15-25(38)39/h3-8,16,20,26-27,33H,9-15,17H2,1-2H3,(H,34,41)(H,38,39)/t26?,27-/m0/s1. The largest absolute Gasteiger partial charge is 0.481 e. The fraction of sp³-hybridized carbons (Fsp3) is 0.433. The summed E-state index contributed by atoms with van der Waals surface area (Å²) < 4.78 is 38.0. The van der Waals surface area contributed by atoms with Gasteiger partial charge in [0, 0.05) is 45.0 Å². The van der Waals surface area contributed by atoms with Crippen molar-refractivity contribution in [3.8, 4) is 0 Å². The summed E-state index contributed by atoms with van der Waals surface area (Å²) in [4.78, 5) is 56.9. The van der Waals surface area contributed by atoms with Crippen LogP contribution in [0.3, 0.4) is 0 Å². The van der Waals surface area contributed by atoms with E-state index in [9.17, 15) is 28.0 Å². The number of hydrogen-bond donors (Lipinski definition) is 3. The third-order valence-electron chi connectivity index (χ3n) is 7.64. The lowest BCUT2D eigenvalue weighted by atomic mass is 9.86. The topological polar surface area (TPSA) is 150 Å². The Morgan fingerprint density at radius 3 is 2.34 bits per heavy atom. The van der Waals surface area contributed by atoms with Crippen molar-refractivity contribution in [2.24, 2.45) is 10.9 Å². The molecule has 4 amide bonds. The Morgan fingerprint density at radius 2 is 1.73 bits per heavy atom. The molecule has 236 valence electrons. The summed E-state index contributed by atoms with van der Waals surface area (Å²) in [5.74, 6) is -5.34. The Bertz CT molecular complexity index is 1400. The monoisotopic (exact) mass is 615 g/mol. The summed E-state index contributed by atoms with van der Waals surface area (Å²) >= 11 is 0. The lowest BCUT2D eigenvalue weighted by molar-refractivity contribution is -0.144. The minimum absolute atomic E-state index is 0.00709. The van der Waals surface area contributed by atoms with Crippen molar-refractivity contribution in [3.05, 3.63) is 65.2 Å². The normalized spacial score (nSPS) is 19.0. The van der Waals surface area contributed by atoms with Gasteiger partial charge in [0.1, 0.15) is 5.92 Å². The number of nitrogens with one attached hydrogen (secondary N) is 2. The molecule has 2 aliphatic heterocycles. The molecule has 2 aromatic carbocycles. The first-order valence-corrected chi connectivity index (χ1v) is 14.1. The van der Waals surface area contributed by atoms with Gasteiger partial charge >= 0.3 is 24.0 Å². The number of rotatable bonds is 11. The Labute approximate surface area is 253 Å². The SMILES string of the molecule is COCC1=NC(=O)N(C(=O)NCCNC2CCN(c3ccc(CC(=O)O)cc3)CC2)[C@@H](c2ccc(F)c(F)c2)C1C(=O)OC. The molecular formula is C30H35F2N5O7. The first kappa shape index (κ1) is 32.5. The van der Waals surface area contributed by atoms with E-state index in [1.807, 2.05) is 24.3 Å². The Hall–Kier alpha value is -4.43. The summed E-state index contributed by atoms with van der Waals surface area (Å²) in [5.41, 5.74) is 1.76. The molecule has 0 spiro atoms. The van der Waals surface area contributed by atoms with Crippen molar-refractivity contribution >= 4 is 35.4 Å². The molecular weight excluding hydrogens is 580 g/mol. The van der Waals surface area contributed by atoms with Gasteiger partial charge in [-0.15, -0.1) is 0 Å². The van der Waals surface area contributed by atoms with Crippen molar-refractivity contribution in [1.29, 1.82) is 0 Å². The maximum absolute atomic E-state index is 14.2. The number of methoxy groups -OCH3 is 2. The van der Waals surface area contributed by atoms with E-state index in [-0.39, 0.29) is 36.9 Å². The molecule has 1 fully saturated rings. The minimum atomic E-state index is -1.36. The van der Waals surface area contributed by atoms with Crippen LogP contribution in [0.1, 0.15) is 30.0 Å². The fourth-order valence-electron chi connectivity index (χ4n) is 5.48. The highest BCUT2D eigenvalue weighted by Gasteiger charge is 2.47. The molecule has 2 aromatic rings. The van der Waals surface area contributed by atoms with Gasteiger partial charge in [-0.3, -0.25) is 9.59 Å². The molecule has 14 heteroatoms. The highest BCUT2D eigenvalue weighted by Crippen LogP contribution is 2.36. The molecule has 1 unspecified atom stereocenters. The first-order valence-electron chi connectivity index (χ1n) is 14.1. The lowest BCUT2D eigenvalue weighted by Gasteiger charge is -2.37. The fourth-order valence-corrected chi connectivity index (χ4v) is 5.48. The van der Waals surface area contributed by atoms with Crippen LogP contribution in [0.2, 0.25) is 0 Å². The van der Waals surface area contributed by atoms with Gasteiger partial charge in [-0.1, -0.05) is 18.2 Å². The number of carbonyl (C=O) groups is 4. The number of benzene rings is 2. The highest BCUT2D eigenvalue weighted by molar-refractivity contribution is 6.12. The van der Waals surface area contributed by atoms with E-state index in [1.165, 1.54) is 13.2 Å². The first-order chi connectivity index (χ1) is 21.1. The minimum Gasteiger partial charge on any atom is -0.481 e. The highest BCUT2D eigenvalue weighted by atomic mass is 19.2. The maximum atomic E-state index is 14.2. The Kier molecular flexibility index (Phi) is 11.0. The zero-order valence-electron chi connectivity index (χ0n) is 24.4. The van der Waals surface area contributed by atoms with Crippen molar-refractivity contribution in [3.63, 3.8) is 0 Å². The average molecular weight is 616 g/mol. The summed E-state index contributed by atoms with van der Waals surface area (Å²) in [6.45, 7) is 1.88. The van der Waals surface area contributed by atoms with Crippen LogP contribution < -0.4 is 15.5 Å². The van der Waals surface area contributed by atoms with Crippen LogP contribution in [-0.2, 0) is 25.5 Å². The van der Waals surface area contributed by atoms with Gasteiger partial charge in [0.05, 0.1) is 31.9 Å². The molecule has 44 heavy (non-hydrogen) atoms. The van der Waals surface area contributed by atoms with Gasteiger partial charge in [0.2, 0.25) is 0 Å². The van der Waals surface area contributed by atoms with Crippen LogP contribution in [0.5, 0.6) is 0 Å². The van der Waals surface area contributed by atoms with Gasteiger partial charge in [0.15, 0.2) is 11.6 Å². The number of carboxylic acid groups (broad SMARTS) is 1. The van der Waals surface area contributed by atoms with Crippen LogP contribution in [0, 0.1) is 17.6 Å². The van der Waals surface area contributed by atoms with E-state index >= 15 is 0 Å². The molecule has 12 nitrogen and oxygen atoms in total. The van der Waals surface area contributed by atoms with Crippen molar-refractivity contribution in [2.45, 2.75) is 31.3 Å². The Morgan fingerprint density at radius 1 is 1.02 bits per heavy atom. The quantitative estimate of drug-likeness (QED) is 0.256. The van der Waals surface area contributed by atoms with Crippen LogP contribution in [-0.4, -0.2) is 92.8 Å². The van der Waals surface area contributed by atoms with Crippen LogP contribution >= 0.6 is 0 Å². The number of hydrogen-bond acceptors (Lipinski definition) is 8. The van der Waals surface area contributed by atoms with Gasteiger partial charge in [-0.25, -0.2) is 23.3 Å². The third-order valence-corrected chi connectivity index (χ3v) is 7.64. The average Bonchev–Trinajstić information content (AvgIpc) is 3.00. The number of carboxylic acids is 1. The molecule has 0 aliphatic carbocycles. The van der Waals surface area contributed by atoms with Gasteiger partial charge in [0.25, 0.3) is 0 Å². The van der Waals surface area contributed by atoms with Gasteiger partial charge < -0.3 is 30.1 Å². The zero-order valence-corrected chi connectivity index (χ0v) is 24.4. The molecule has 4 rings (SSSR count). The number of urea groups is 2. The van der Waals surface area contributed by atoms with E-state index < -0.39 is 47.6 Å². The number of nitrogens with zero attached hydrogens (tertiary/aromatic N) is 3. The van der Waals surface area contributed by atoms with Crippen molar-refractivity contribution in [2.75, 3.05) is 51.9 Å². The summed E-state index contributed by atoms with van der Waals surface area (Å²) in [6, 6.07) is 7.34. The number of carbonyl (C=O) groups excluding carboxylic acids is 3. The number of aliphatic carboxylic acids is 1. The van der Waals surface area contributed by atoms with Gasteiger partial charge in [-0.2, -0.15) is 4.99 Å². The zero-order chi connectivity index (χ0) is 31.8. The van der Waals surface area contributed by atoms with Crippen molar-refractivity contribution < 1.29 is 42.5 Å². The molecule has 0 radical (unpaired) electrons. The van der Waals surface area contributed by atoms with Crippen molar-refractivity contribution in [1.82, 2.24) is 15.5 Å². The number of esters is 1. The number of ether oxygens (including phenoxy) is 2. The molecule has 0 aromatic heterocycles. The third kappa shape index (κ3) is 7.74. The summed E-state index contributed by atoms with van der Waals surface area (Å²) in [6.07, 6.45) is 1.66. The number of amides is 4. The second-order valence-electron chi connectivity index (χ2n) is 10.5. The van der Waals surface area contributed by atoms with E-state index in [4.69, 9.17) is 14.6 Å². The molecule has 2 aliphatic rings. The molecule has 3 N–H and O–H groups in total. The number of aliphatic imine (C=N–C) groups is 1. The predicted octanol–water partition coefficient (Wildman–Crippen LogP) is 2.91. The number of anilines is 1. The predicted molar refractivity (Wildman–Crippen MR) is 156 cm³/mol. The second-order valence-corrected chi connectivity index (χ2v) is 10.5. The van der Waals surface area contributed by atoms with E-state index in [1.54, 1.807) is 0 Å². The smallest absolute Gasteiger partial charge is 0.352 e. The molecule has 0 bridgehead atoms. The number of piperidine rings is 1. The second kappa shape index (κ2) is 14.8. The maximum Gasteiger partial charge on any atom is 0.352 e. The summed E-state index contributed by atoms with van der Waals surface area (Å²) in [5, 5.41) is 15.0. The van der Waals surface area contributed by atoms with Crippen LogP contribution in [0.25, 0.3) is 0 Å². The molecule has 1 saturated heterocycles. The van der Waals surface area contributed by atoms with E-state index in [0.717, 1.165) is 56.4 Å². The van der Waals surface area contributed by atoms with E-state index in [2.05, 4.69) is 20.5 Å². The molecule has 2 heterocycles. The molecule has 2 atom stereocenters. The van der Waals surface area contributed by atoms with Crippen LogP contribution in [0.15, 0.2) is 47.5 Å². The van der Waals surface area contributed by atoms with E-state index in [0.29, 0.717) is 11.4 Å². The lowest BCUT2D eigenvalue weighted by Crippen LogP contribution is -2.54. The van der Waals surface area contributed by atoms with Gasteiger partial charge in [-0.05, 0) is 48.2 Å². The summed E-state index contributed by atoms with van der Waals surface area (Å²) in [7, 11) is 2.47. The Balaban J connectivity index is 1.36. The molecule has 0 saturated carbocycles. The number of halogens is 2.